The van der Waals surface area contributed by atoms with E-state index in [0.29, 0.717) is 0 Å². The SMILES string of the molecule is Cn1cc(CNCC2CCC2)c(C(C)(C)C)n1. The van der Waals surface area contributed by atoms with Gasteiger partial charge < -0.3 is 5.32 Å². The van der Waals surface area contributed by atoms with Gasteiger partial charge in [0.05, 0.1) is 5.69 Å². The van der Waals surface area contributed by atoms with E-state index in [2.05, 4.69) is 37.4 Å². The molecule has 0 radical (unpaired) electrons. The fourth-order valence-corrected chi connectivity index (χ4v) is 2.41. The monoisotopic (exact) mass is 235 g/mol. The van der Waals surface area contributed by atoms with E-state index in [9.17, 15) is 0 Å². The number of nitrogens with zero attached hydrogens (tertiary/aromatic N) is 2. The van der Waals surface area contributed by atoms with Crippen LogP contribution in [0.25, 0.3) is 0 Å². The maximum atomic E-state index is 4.59. The molecule has 1 aliphatic rings. The second-order valence-corrected chi connectivity index (χ2v) is 6.35. The molecule has 0 bridgehead atoms. The molecule has 1 fully saturated rings. The lowest BCUT2D eigenvalue weighted by Crippen LogP contribution is -2.27. The number of nitrogens with one attached hydrogen (secondary N) is 1. The molecule has 1 heterocycles. The molecule has 2 rings (SSSR count). The highest BCUT2D eigenvalue weighted by Gasteiger charge is 2.22. The Bertz CT molecular complexity index is 369. The molecule has 1 N–H and O–H groups in total. The Morgan fingerprint density at radius 1 is 1.41 bits per heavy atom. The number of hydrogen-bond donors (Lipinski definition) is 1. The zero-order chi connectivity index (χ0) is 12.5. The summed E-state index contributed by atoms with van der Waals surface area (Å²) in [6.07, 6.45) is 6.39. The molecule has 1 aromatic heterocycles. The van der Waals surface area contributed by atoms with Gasteiger partial charge in [0, 0.05) is 30.8 Å². The number of hydrogen-bond acceptors (Lipinski definition) is 2. The summed E-state index contributed by atoms with van der Waals surface area (Å²) in [6, 6.07) is 0. The quantitative estimate of drug-likeness (QED) is 0.869. The molecule has 1 aromatic rings. The van der Waals surface area contributed by atoms with Gasteiger partial charge in [0.15, 0.2) is 0 Å². The zero-order valence-electron chi connectivity index (χ0n) is 11.6. The minimum atomic E-state index is 0.134. The fourth-order valence-electron chi connectivity index (χ4n) is 2.41. The molecule has 0 spiro atoms. The van der Waals surface area contributed by atoms with Crippen molar-refractivity contribution in [3.05, 3.63) is 17.5 Å². The Morgan fingerprint density at radius 3 is 2.65 bits per heavy atom. The van der Waals surface area contributed by atoms with Crippen LogP contribution in [-0.4, -0.2) is 16.3 Å². The van der Waals surface area contributed by atoms with E-state index in [4.69, 9.17) is 0 Å². The van der Waals surface area contributed by atoms with E-state index >= 15 is 0 Å². The maximum absolute atomic E-state index is 4.59. The number of rotatable bonds is 4. The van der Waals surface area contributed by atoms with Gasteiger partial charge in [-0.2, -0.15) is 5.10 Å². The summed E-state index contributed by atoms with van der Waals surface area (Å²) in [7, 11) is 2.00. The maximum Gasteiger partial charge on any atom is 0.0722 e. The highest BCUT2D eigenvalue weighted by Crippen LogP contribution is 2.26. The van der Waals surface area contributed by atoms with E-state index in [1.807, 2.05) is 11.7 Å². The van der Waals surface area contributed by atoms with Crippen LogP contribution in [0.15, 0.2) is 6.20 Å². The van der Waals surface area contributed by atoms with Gasteiger partial charge >= 0.3 is 0 Å². The summed E-state index contributed by atoms with van der Waals surface area (Å²) >= 11 is 0. The molecule has 3 heteroatoms. The molecule has 1 saturated carbocycles. The van der Waals surface area contributed by atoms with Gasteiger partial charge in [0.25, 0.3) is 0 Å². The third-order valence-electron chi connectivity index (χ3n) is 3.59. The highest BCUT2D eigenvalue weighted by atomic mass is 15.3. The van der Waals surface area contributed by atoms with Gasteiger partial charge in [0.1, 0.15) is 0 Å². The molecule has 96 valence electrons. The summed E-state index contributed by atoms with van der Waals surface area (Å²) in [5.41, 5.74) is 2.70. The van der Waals surface area contributed by atoms with Crippen molar-refractivity contribution in [3.63, 3.8) is 0 Å². The van der Waals surface area contributed by atoms with Crippen LogP contribution in [0.3, 0.4) is 0 Å². The second-order valence-electron chi connectivity index (χ2n) is 6.35. The standard InChI is InChI=1S/C14H25N3/c1-14(2,3)13-12(10-17(4)16-13)9-15-8-11-6-5-7-11/h10-11,15H,5-9H2,1-4H3. The predicted molar refractivity (Wildman–Crippen MR) is 71.0 cm³/mol. The Labute approximate surface area is 105 Å². The van der Waals surface area contributed by atoms with E-state index in [1.54, 1.807) is 0 Å². The molecule has 17 heavy (non-hydrogen) atoms. The van der Waals surface area contributed by atoms with E-state index in [1.165, 1.54) is 37.1 Å². The molecule has 0 atom stereocenters. The minimum Gasteiger partial charge on any atom is -0.312 e. The molecule has 0 aliphatic heterocycles. The van der Waals surface area contributed by atoms with Crippen LogP contribution in [0.1, 0.15) is 51.3 Å². The molecule has 1 aliphatic carbocycles. The molecular formula is C14H25N3. The third kappa shape index (κ3) is 3.09. The van der Waals surface area contributed by atoms with E-state index in [0.717, 1.165) is 12.5 Å². The smallest absolute Gasteiger partial charge is 0.0722 e. The average Bonchev–Trinajstić information content (AvgIpc) is 2.51. The predicted octanol–water partition coefficient (Wildman–Crippen LogP) is 2.61. The lowest BCUT2D eigenvalue weighted by molar-refractivity contribution is 0.301. The lowest BCUT2D eigenvalue weighted by atomic mass is 9.85. The highest BCUT2D eigenvalue weighted by molar-refractivity contribution is 5.23. The van der Waals surface area contributed by atoms with Crippen molar-refractivity contribution in [1.29, 1.82) is 0 Å². The van der Waals surface area contributed by atoms with E-state index < -0.39 is 0 Å². The van der Waals surface area contributed by atoms with Crippen LogP contribution in [0.4, 0.5) is 0 Å². The largest absolute Gasteiger partial charge is 0.312 e. The topological polar surface area (TPSA) is 29.9 Å². The van der Waals surface area contributed by atoms with Gasteiger partial charge in [-0.15, -0.1) is 0 Å². The molecule has 0 aromatic carbocycles. The first-order valence-electron chi connectivity index (χ1n) is 6.70. The fraction of sp³-hybridized carbons (Fsp3) is 0.786. The first-order chi connectivity index (χ1) is 7.97. The van der Waals surface area contributed by atoms with Crippen molar-refractivity contribution < 1.29 is 0 Å². The van der Waals surface area contributed by atoms with Gasteiger partial charge in [0.2, 0.25) is 0 Å². The van der Waals surface area contributed by atoms with Crippen LogP contribution in [-0.2, 0) is 19.0 Å². The Balaban J connectivity index is 1.94. The van der Waals surface area contributed by atoms with Crippen LogP contribution in [0.5, 0.6) is 0 Å². The van der Waals surface area contributed by atoms with Gasteiger partial charge in [-0.1, -0.05) is 27.2 Å². The molecular weight excluding hydrogens is 210 g/mol. The van der Waals surface area contributed by atoms with Crippen LogP contribution < -0.4 is 5.32 Å². The molecule has 0 unspecified atom stereocenters. The average molecular weight is 235 g/mol. The van der Waals surface area contributed by atoms with Crippen molar-refractivity contribution in [2.24, 2.45) is 13.0 Å². The summed E-state index contributed by atoms with van der Waals surface area (Å²) in [5, 5.41) is 8.17. The van der Waals surface area contributed by atoms with Crippen molar-refractivity contribution in [3.8, 4) is 0 Å². The lowest BCUT2D eigenvalue weighted by Gasteiger charge is -2.25. The van der Waals surface area contributed by atoms with Gasteiger partial charge in [-0.25, -0.2) is 0 Å². The van der Waals surface area contributed by atoms with Crippen LogP contribution in [0, 0.1) is 5.92 Å². The number of aromatic nitrogens is 2. The zero-order valence-corrected chi connectivity index (χ0v) is 11.6. The van der Waals surface area contributed by atoms with Crippen molar-refractivity contribution in [2.75, 3.05) is 6.54 Å². The van der Waals surface area contributed by atoms with Crippen molar-refractivity contribution >= 4 is 0 Å². The summed E-state index contributed by atoms with van der Waals surface area (Å²) in [6.45, 7) is 8.80. The molecule has 0 saturated heterocycles. The summed E-state index contributed by atoms with van der Waals surface area (Å²) in [5.74, 6) is 0.921. The van der Waals surface area contributed by atoms with Gasteiger partial charge in [-0.05, 0) is 25.3 Å². The summed E-state index contributed by atoms with van der Waals surface area (Å²) < 4.78 is 1.93. The Kier molecular flexibility index (Phi) is 3.57. The molecule has 0 amide bonds. The van der Waals surface area contributed by atoms with E-state index in [-0.39, 0.29) is 5.41 Å². The first kappa shape index (κ1) is 12.6. The summed E-state index contributed by atoms with van der Waals surface area (Å²) in [4.78, 5) is 0. The van der Waals surface area contributed by atoms with Crippen LogP contribution >= 0.6 is 0 Å². The number of aryl methyl sites for hydroxylation is 1. The second kappa shape index (κ2) is 4.81. The Hall–Kier alpha value is -0.830. The van der Waals surface area contributed by atoms with Crippen molar-refractivity contribution in [2.45, 2.75) is 52.0 Å². The van der Waals surface area contributed by atoms with Crippen LogP contribution in [0.2, 0.25) is 0 Å². The van der Waals surface area contributed by atoms with Crippen molar-refractivity contribution in [1.82, 2.24) is 15.1 Å². The molecule has 3 nitrogen and oxygen atoms in total. The Morgan fingerprint density at radius 2 is 2.12 bits per heavy atom. The third-order valence-corrected chi connectivity index (χ3v) is 3.59. The first-order valence-corrected chi connectivity index (χ1v) is 6.70. The normalized spacial score (nSPS) is 17.2. The van der Waals surface area contributed by atoms with Gasteiger partial charge in [-0.3, -0.25) is 4.68 Å². The minimum absolute atomic E-state index is 0.134.